The van der Waals surface area contributed by atoms with Crippen LogP contribution in [0.3, 0.4) is 0 Å². The summed E-state index contributed by atoms with van der Waals surface area (Å²) in [7, 11) is 0. The van der Waals surface area contributed by atoms with Crippen molar-refractivity contribution in [3.63, 3.8) is 0 Å². The van der Waals surface area contributed by atoms with Crippen molar-refractivity contribution in [3.8, 4) is 22.7 Å². The van der Waals surface area contributed by atoms with E-state index >= 15 is 0 Å². The molecular formula is C128H161Br3N10O8. The number of aromatic nitrogens is 8. The van der Waals surface area contributed by atoms with Crippen molar-refractivity contribution < 1.29 is 39.6 Å². The van der Waals surface area contributed by atoms with Gasteiger partial charge in [-0.3, -0.25) is 25.0 Å². The molecule has 12 fully saturated rings. The second-order valence-corrected chi connectivity index (χ2v) is 53.4. The second-order valence-electron chi connectivity index (χ2n) is 50.7. The molecule has 25 rings (SSSR count). The number of benzene rings is 5. The van der Waals surface area contributed by atoms with E-state index in [0.29, 0.717) is 120 Å². The number of carbonyl (C=O) groups excluding carboxylic acids is 4. The first-order valence-corrected chi connectivity index (χ1v) is 58.0. The van der Waals surface area contributed by atoms with Crippen LogP contribution in [0.15, 0.2) is 208 Å². The predicted molar refractivity (Wildman–Crippen MR) is 609 cm³/mol. The third kappa shape index (κ3) is 17.3. The van der Waals surface area contributed by atoms with E-state index in [-0.39, 0.29) is 66.5 Å². The standard InChI is InChI=1S/2C30H38N2O2.2C29H35BrN2O2.C6H7BrN2.2C2H4/c1-18-7-6-8-22(13-18)32-17-21-16-28(4)24-9-11-29(5)25(10-12-30(29,34)20(3)33)23(24)14-19(2)26(28)15-27(21)31-32;1-18-7-6-8-22(13-18)32-27-15-26-19(2)14-23-24(28(26,4)16-21(27)17-31-32)9-11-29(5)25(23)10-12-30(29,34)20(3)33;1-17-12-22-23(8-10-28(4)24(22)9-11-29(28,34)18(2)33)27(3)15-19-16-32(31-26(19)14-25(17)27)21-7-5-6-20(30)13-21;1-17-12-22-23(8-10-28(4)24(22)9-11-29(28,34)18(2)33)27(3)15-19-16-31-32(26(19)14-25(17)27)21-7-5-6-20(30)13-21;7-5-2-1-3-6(4-5)9-8;2*1-2/h2*6-8,13,15,17,19,23-25,34H,9-12,14,16H2,1-5H3;2*5-7,13-14,16-17,22-24,34H,8-12,15H2,1-4H3;1-4,9H,8H2;2*1-2H2/t2*19-,23+,24-,25-,28+,29-,30-;2*17-,22+,23-,24-,27+,28-,29-;;;/m0000.../s1. The van der Waals surface area contributed by atoms with E-state index in [1.54, 1.807) is 50.0 Å². The zero-order valence-electron chi connectivity index (χ0n) is 91.4. The second kappa shape index (κ2) is 39.8. The minimum Gasteiger partial charge on any atom is -0.382 e. The number of nitrogen functional groups attached to an aromatic ring is 1. The summed E-state index contributed by atoms with van der Waals surface area (Å²) in [4.78, 5) is 50.2. The fourth-order valence-corrected chi connectivity index (χ4v) is 37.5. The number of hydrogen-bond donors (Lipinski definition) is 6. The van der Waals surface area contributed by atoms with Gasteiger partial charge in [-0.2, -0.15) is 20.4 Å². The lowest BCUT2D eigenvalue weighted by Crippen LogP contribution is -2.58. The molecule has 16 aliphatic carbocycles. The van der Waals surface area contributed by atoms with E-state index in [9.17, 15) is 39.6 Å². The minimum absolute atomic E-state index is 0.0301. The lowest BCUT2D eigenvalue weighted by molar-refractivity contribution is -0.160. The molecule has 4 heterocycles. The molecule has 18 nitrogen and oxygen atoms in total. The molecule has 12 saturated carbocycles. The topological polar surface area (TPSA) is 259 Å². The molecule has 0 amide bonds. The van der Waals surface area contributed by atoms with Crippen LogP contribution in [0.5, 0.6) is 0 Å². The highest BCUT2D eigenvalue weighted by molar-refractivity contribution is 9.11. The average molecular weight is 2210 g/mol. The number of carbonyl (C=O) groups is 4. The molecule has 21 heteroatoms. The summed E-state index contributed by atoms with van der Waals surface area (Å²) < 4.78 is 11.4. The summed E-state index contributed by atoms with van der Waals surface area (Å²) in [6, 6.07) is 41.4. The number of aliphatic hydroxyl groups is 4. The summed E-state index contributed by atoms with van der Waals surface area (Å²) >= 11 is 10.5. The molecule has 0 aliphatic heterocycles. The van der Waals surface area contributed by atoms with E-state index in [0.717, 1.165) is 182 Å². The van der Waals surface area contributed by atoms with Crippen molar-refractivity contribution in [2.45, 2.75) is 301 Å². The van der Waals surface area contributed by atoms with Crippen LogP contribution >= 0.6 is 47.8 Å². The van der Waals surface area contributed by atoms with E-state index in [2.05, 4.69) is 325 Å². The first-order valence-electron chi connectivity index (χ1n) is 55.6. The fourth-order valence-electron chi connectivity index (χ4n) is 36.3. The van der Waals surface area contributed by atoms with E-state index in [1.807, 2.05) is 41.1 Å². The molecule has 149 heavy (non-hydrogen) atoms. The number of aryl methyl sites for hydroxylation is 2. The average Bonchev–Trinajstić information content (AvgIpc) is 1.58. The van der Waals surface area contributed by atoms with Crippen LogP contribution in [-0.4, -0.2) is 105 Å². The van der Waals surface area contributed by atoms with Gasteiger partial charge in [-0.15, -0.1) is 26.3 Å². The summed E-state index contributed by atoms with van der Waals surface area (Å²) in [5.41, 5.74) is 21.4. The van der Waals surface area contributed by atoms with Gasteiger partial charge >= 0.3 is 0 Å². The maximum Gasteiger partial charge on any atom is 0.161 e. The largest absolute Gasteiger partial charge is 0.382 e. The number of halogens is 3. The Morgan fingerprint density at radius 2 is 0.631 bits per heavy atom. The van der Waals surface area contributed by atoms with Gasteiger partial charge in [0.25, 0.3) is 0 Å². The van der Waals surface area contributed by atoms with Crippen LogP contribution in [0.2, 0.25) is 0 Å². The smallest absolute Gasteiger partial charge is 0.161 e. The fraction of sp³-hybridized carbons (Fsp3) is 0.547. The molecule has 16 aliphatic rings. The lowest BCUT2D eigenvalue weighted by atomic mass is 9.44. The first kappa shape index (κ1) is 108. The maximum atomic E-state index is 12.6. The first-order chi connectivity index (χ1) is 70.6. The van der Waals surface area contributed by atoms with Gasteiger partial charge in [0.1, 0.15) is 22.4 Å². The summed E-state index contributed by atoms with van der Waals surface area (Å²) in [5.74, 6) is 13.3. The zero-order valence-corrected chi connectivity index (χ0v) is 96.2. The van der Waals surface area contributed by atoms with E-state index in [4.69, 9.17) is 26.2 Å². The van der Waals surface area contributed by atoms with Crippen molar-refractivity contribution in [1.29, 1.82) is 0 Å². The van der Waals surface area contributed by atoms with Crippen LogP contribution in [0.25, 0.3) is 47.1 Å². The molecule has 7 N–H and O–H groups in total. The third-order valence-corrected chi connectivity index (χ3v) is 45.1. The van der Waals surface area contributed by atoms with Crippen LogP contribution in [0, 0.1) is 152 Å². The van der Waals surface area contributed by atoms with Crippen molar-refractivity contribution in [2.24, 2.45) is 144 Å². The van der Waals surface area contributed by atoms with Crippen molar-refractivity contribution in [2.75, 3.05) is 5.43 Å². The SMILES string of the molecule is C=C.C=C.CC(=O)[C@@]1(O)CC[C@H]2[C@@H]3C[C@H](C)C4=Cc5c(cnn5-c5cccc(Br)c5)C[C@]4(C)[C@H]3CC[C@@]21C.CC(=O)[C@@]1(O)CC[C@H]2[C@@H]3C[C@H](C)C4=Cc5c(cnn5-c5cccc(C)c5)C[C@]4(C)[C@H]3CC[C@@]21C.CC(=O)[C@@]1(O)CC[C@H]2[C@@H]3C[C@H](C)C4=Cc5nn(-c6cccc(Br)c6)cc5C[C@]4(C)[C@H]3CC[C@@]21C.CC(=O)[C@@]1(O)CC[C@H]2[C@@H]3C[C@H](C)C4=Cc5nn(-c6cccc(C)c6)cc5C[C@]4(C)[C@H]3CC[C@@]21C.NNc1cccc(Br)c1. The van der Waals surface area contributed by atoms with Gasteiger partial charge in [0.05, 0.1) is 57.9 Å². The van der Waals surface area contributed by atoms with E-state index < -0.39 is 22.4 Å². The molecule has 9 aromatic rings. The molecule has 792 valence electrons. The van der Waals surface area contributed by atoms with Crippen LogP contribution in [0.4, 0.5) is 5.69 Å². The Hall–Kier alpha value is -8.90. The Labute approximate surface area is 910 Å². The third-order valence-electron chi connectivity index (χ3n) is 43.7. The molecule has 0 unspecified atom stereocenters. The van der Waals surface area contributed by atoms with Gasteiger partial charge < -0.3 is 25.9 Å². The summed E-state index contributed by atoms with van der Waals surface area (Å²) in [6.07, 6.45) is 41.6. The number of anilines is 1. The van der Waals surface area contributed by atoms with Crippen LogP contribution < -0.4 is 11.3 Å². The zero-order chi connectivity index (χ0) is 107. The minimum atomic E-state index is -1.15. The molecule has 0 bridgehead atoms. The molecular weight excluding hydrogens is 2050 g/mol. The van der Waals surface area contributed by atoms with Gasteiger partial charge in [-0.25, -0.2) is 18.7 Å². The highest BCUT2D eigenvalue weighted by atomic mass is 79.9. The number of ketones is 4. The number of fused-ring (bicyclic) bond motifs is 24. The highest BCUT2D eigenvalue weighted by Crippen LogP contribution is 2.75. The van der Waals surface area contributed by atoms with Gasteiger partial charge in [0.2, 0.25) is 0 Å². The number of hydrazine groups is 1. The number of hydrogen-bond acceptors (Lipinski definition) is 14. The molecule has 0 saturated heterocycles. The summed E-state index contributed by atoms with van der Waals surface area (Å²) in [6.45, 7) is 51.0. The Kier molecular flexibility index (Phi) is 29.0. The monoisotopic (exact) mass is 2200 g/mol. The number of rotatable bonds is 9. The van der Waals surface area contributed by atoms with Crippen molar-refractivity contribution in [1.82, 2.24) is 39.1 Å². The van der Waals surface area contributed by atoms with Crippen LogP contribution in [-0.2, 0) is 44.9 Å². The number of nitrogens with two attached hydrogens (primary N) is 1. The molecule has 28 atom stereocenters. The summed E-state index contributed by atoms with van der Waals surface area (Å²) in [5, 5.41) is 65.5. The molecule has 5 aromatic carbocycles. The van der Waals surface area contributed by atoms with Crippen LogP contribution in [0.1, 0.15) is 295 Å². The number of nitrogens with one attached hydrogen (secondary N) is 1. The Morgan fingerprint density at radius 1 is 0.362 bits per heavy atom. The Bertz CT molecular complexity index is 6480. The van der Waals surface area contributed by atoms with E-state index in [1.165, 1.54) is 44.8 Å². The number of nitrogens with zero attached hydrogens (tertiary/aromatic N) is 8. The Balaban J connectivity index is 0.000000120. The maximum absolute atomic E-state index is 12.6. The predicted octanol–water partition coefficient (Wildman–Crippen LogP) is 28.0. The van der Waals surface area contributed by atoms with Crippen molar-refractivity contribution in [3.05, 3.63) is 264 Å². The van der Waals surface area contributed by atoms with Gasteiger partial charge in [-0.05, 0) is 449 Å². The van der Waals surface area contributed by atoms with Gasteiger partial charge in [0, 0.05) is 53.2 Å². The molecule has 0 spiro atoms. The van der Waals surface area contributed by atoms with Gasteiger partial charge in [0.15, 0.2) is 23.1 Å². The van der Waals surface area contributed by atoms with Crippen molar-refractivity contribution >= 4 is 101 Å². The molecule has 4 aromatic heterocycles. The Morgan fingerprint density at radius 3 is 0.933 bits per heavy atom. The highest BCUT2D eigenvalue weighted by Gasteiger charge is 2.72. The lowest BCUT2D eigenvalue weighted by Gasteiger charge is -2.60. The number of Topliss-reactive ketones (excluding diaryl/α,β-unsaturated/α-hetero) is 4. The number of allylic oxidation sites excluding steroid dienone is 4. The van der Waals surface area contributed by atoms with Gasteiger partial charge in [-0.1, -0.05) is 196 Å². The normalized spacial score (nSPS) is 37.7. The molecule has 0 radical (unpaired) electrons. The quantitative estimate of drug-likeness (QED) is 0.0446.